The van der Waals surface area contributed by atoms with E-state index in [0.29, 0.717) is 19.3 Å². The molecule has 0 amide bonds. The highest BCUT2D eigenvalue weighted by molar-refractivity contribution is 5.74. The zero-order valence-electron chi connectivity index (χ0n) is 48.5. The second-order valence-corrected chi connectivity index (χ2v) is 19.5. The molecular weight excluding hydrogens is 997 g/mol. The van der Waals surface area contributed by atoms with Crippen molar-refractivity contribution >= 4 is 23.9 Å². The van der Waals surface area contributed by atoms with Crippen molar-refractivity contribution in [1.29, 1.82) is 0 Å². The minimum Gasteiger partial charge on any atom is -0.479 e. The summed E-state index contributed by atoms with van der Waals surface area (Å²) in [6, 6.07) is 0. The van der Waals surface area contributed by atoms with E-state index in [1.54, 1.807) is 0 Å². The van der Waals surface area contributed by atoms with Crippen molar-refractivity contribution in [3.8, 4) is 0 Å². The molecule has 1 heterocycles. The first-order chi connectivity index (χ1) is 38.6. The summed E-state index contributed by atoms with van der Waals surface area (Å²) in [5.74, 6) is -3.26. The Morgan fingerprint density at radius 3 is 1.15 bits per heavy atom. The van der Waals surface area contributed by atoms with Gasteiger partial charge >= 0.3 is 23.9 Å². The van der Waals surface area contributed by atoms with Gasteiger partial charge in [0.25, 0.3) is 0 Å². The maximum atomic E-state index is 13.1. The molecule has 79 heavy (non-hydrogen) atoms. The van der Waals surface area contributed by atoms with E-state index in [1.165, 1.54) is 0 Å². The number of aliphatic carboxylic acids is 1. The molecule has 1 aliphatic rings. The zero-order chi connectivity index (χ0) is 57.5. The molecule has 3 N–H and O–H groups in total. The van der Waals surface area contributed by atoms with Crippen LogP contribution in [0, 0.1) is 0 Å². The molecule has 6 atom stereocenters. The molecule has 1 fully saturated rings. The summed E-state index contributed by atoms with van der Waals surface area (Å²) in [4.78, 5) is 51.2. The molecule has 0 aromatic heterocycles. The lowest BCUT2D eigenvalue weighted by molar-refractivity contribution is -0.301. The number of aliphatic hydroxyl groups is 2. The van der Waals surface area contributed by atoms with Gasteiger partial charge in [-0.1, -0.05) is 192 Å². The van der Waals surface area contributed by atoms with Gasteiger partial charge in [0.2, 0.25) is 0 Å². The van der Waals surface area contributed by atoms with Gasteiger partial charge in [0.1, 0.15) is 18.8 Å². The topological polar surface area (TPSA) is 175 Å². The summed E-state index contributed by atoms with van der Waals surface area (Å²) in [5, 5.41) is 31.5. The number of rotatable bonds is 48. The Hall–Kier alpha value is -5.40. The van der Waals surface area contributed by atoms with Crippen LogP contribution in [0.1, 0.15) is 201 Å². The van der Waals surface area contributed by atoms with Crippen LogP contribution in [0.25, 0.3) is 0 Å². The highest BCUT2D eigenvalue weighted by Gasteiger charge is 2.50. The number of unbranched alkanes of at least 4 members (excludes halogenated alkanes) is 10. The van der Waals surface area contributed by atoms with E-state index >= 15 is 0 Å². The Morgan fingerprint density at radius 2 is 0.759 bits per heavy atom. The van der Waals surface area contributed by atoms with Crippen LogP contribution in [0.3, 0.4) is 0 Å². The lowest BCUT2D eigenvalue weighted by Crippen LogP contribution is -2.61. The lowest BCUT2D eigenvalue weighted by Gasteiger charge is -2.40. The molecule has 0 bridgehead atoms. The minimum atomic E-state index is -1.93. The first-order valence-corrected chi connectivity index (χ1v) is 29.8. The third-order valence-electron chi connectivity index (χ3n) is 12.4. The number of hydrogen-bond donors (Lipinski definition) is 3. The van der Waals surface area contributed by atoms with Crippen LogP contribution in [0.4, 0.5) is 0 Å². The van der Waals surface area contributed by atoms with Crippen LogP contribution in [0.15, 0.2) is 146 Å². The molecule has 1 aliphatic heterocycles. The molecule has 1 saturated heterocycles. The highest BCUT2D eigenvalue weighted by Crippen LogP contribution is 2.26. The lowest BCUT2D eigenvalue weighted by atomic mass is 9.98. The van der Waals surface area contributed by atoms with Crippen LogP contribution in [-0.2, 0) is 42.9 Å². The van der Waals surface area contributed by atoms with Crippen LogP contribution in [0.5, 0.6) is 0 Å². The number of hydrogen-bond acceptors (Lipinski definition) is 11. The van der Waals surface area contributed by atoms with Gasteiger partial charge in [-0.25, -0.2) is 4.79 Å². The number of carboxylic acids is 1. The van der Waals surface area contributed by atoms with Crippen molar-refractivity contribution in [1.82, 2.24) is 0 Å². The molecule has 0 aromatic rings. The van der Waals surface area contributed by atoms with Gasteiger partial charge in [-0.3, -0.25) is 14.4 Å². The van der Waals surface area contributed by atoms with E-state index in [-0.39, 0.29) is 25.9 Å². The standard InChI is InChI=1S/C67H102O12/c1-4-7-10-13-16-19-22-25-27-29-30-32-33-36-38-41-44-47-50-53-59(68)75-56-58(77-60(69)54-51-48-45-42-39-35-24-21-18-15-12-9-6-3)57-76-67-65(63(72)62(71)64(79-67)66(73)74)78-61(70)55-52-49-46-43-40-37-34-31-28-26-23-20-17-14-11-8-5-2/h7-12,16-21,25-28,30,32,34-39,58,62-65,67,71-72H,4-6,13-15,22-24,29,31,33,40-57H2,1-3H3,(H,73,74)/b10-7-,11-8-,12-9-,19-16-,20-17-,21-18-,27-25-,28-26-,32-30-,37-34-,38-36-,39-35-. The molecule has 12 heteroatoms. The van der Waals surface area contributed by atoms with Crippen molar-refractivity contribution in [2.45, 2.75) is 237 Å². The Morgan fingerprint density at radius 1 is 0.418 bits per heavy atom. The van der Waals surface area contributed by atoms with Crippen LogP contribution >= 0.6 is 0 Å². The summed E-state index contributed by atoms with van der Waals surface area (Å²) in [6.07, 6.45) is 63.9. The van der Waals surface area contributed by atoms with Gasteiger partial charge in [0.05, 0.1) is 6.61 Å². The number of allylic oxidation sites excluding steroid dienone is 24. The quantitative estimate of drug-likeness (QED) is 0.0228. The van der Waals surface area contributed by atoms with Gasteiger partial charge in [0, 0.05) is 19.3 Å². The average molecular weight is 1100 g/mol. The number of carbonyl (C=O) groups excluding carboxylic acids is 3. The molecule has 0 radical (unpaired) electrons. The Kier molecular flexibility index (Phi) is 48.3. The summed E-state index contributed by atoms with van der Waals surface area (Å²) < 4.78 is 28.3. The molecule has 442 valence electrons. The van der Waals surface area contributed by atoms with Crippen molar-refractivity contribution in [3.05, 3.63) is 146 Å². The predicted molar refractivity (Wildman–Crippen MR) is 321 cm³/mol. The normalized spacial score (nSPS) is 18.9. The summed E-state index contributed by atoms with van der Waals surface area (Å²) in [6.45, 7) is 5.57. The number of aliphatic hydroxyl groups excluding tert-OH is 2. The van der Waals surface area contributed by atoms with E-state index in [2.05, 4.69) is 167 Å². The van der Waals surface area contributed by atoms with E-state index in [0.717, 1.165) is 141 Å². The number of esters is 3. The molecular formula is C67H102O12. The third kappa shape index (κ3) is 43.1. The summed E-state index contributed by atoms with van der Waals surface area (Å²) in [5.41, 5.74) is 0. The van der Waals surface area contributed by atoms with Crippen molar-refractivity contribution in [3.63, 3.8) is 0 Å². The van der Waals surface area contributed by atoms with Crippen LogP contribution in [0.2, 0.25) is 0 Å². The predicted octanol–water partition coefficient (Wildman–Crippen LogP) is 15.6. The molecule has 0 aliphatic carbocycles. The Balaban J connectivity index is 2.74. The van der Waals surface area contributed by atoms with Gasteiger partial charge in [0.15, 0.2) is 24.6 Å². The Bertz CT molecular complexity index is 1930. The summed E-state index contributed by atoms with van der Waals surface area (Å²) >= 11 is 0. The van der Waals surface area contributed by atoms with Gasteiger partial charge in [-0.05, 0) is 135 Å². The van der Waals surface area contributed by atoms with Crippen molar-refractivity contribution in [2.24, 2.45) is 0 Å². The fourth-order valence-electron chi connectivity index (χ4n) is 7.93. The van der Waals surface area contributed by atoms with E-state index in [1.807, 2.05) is 0 Å². The molecule has 0 aromatic carbocycles. The zero-order valence-corrected chi connectivity index (χ0v) is 48.5. The molecule has 6 unspecified atom stereocenters. The van der Waals surface area contributed by atoms with Gasteiger partial charge in [-0.2, -0.15) is 0 Å². The smallest absolute Gasteiger partial charge is 0.335 e. The average Bonchev–Trinajstić information content (AvgIpc) is 3.47. The first kappa shape index (κ1) is 71.6. The van der Waals surface area contributed by atoms with Crippen molar-refractivity contribution in [2.75, 3.05) is 13.2 Å². The molecule has 0 spiro atoms. The highest BCUT2D eigenvalue weighted by atomic mass is 16.7. The van der Waals surface area contributed by atoms with Crippen LogP contribution < -0.4 is 0 Å². The number of ether oxygens (including phenoxy) is 5. The SMILES string of the molecule is CC/C=C\C/C=C\C/C=C\C/C=C\C/C=C\CCCCCC(=O)OCC(COC1OC(C(=O)O)C(O)C(O)C1OC(=O)CCCCCC/C=C\C/C=C\C/C=C\C/C=C\CC)OC(=O)CCCCC/C=C\C/C=C\C/C=C\CC. The Labute approximate surface area is 476 Å². The van der Waals surface area contributed by atoms with Crippen molar-refractivity contribution < 1.29 is 58.2 Å². The first-order valence-electron chi connectivity index (χ1n) is 29.8. The molecule has 0 saturated carbocycles. The monoisotopic (exact) mass is 1100 g/mol. The third-order valence-corrected chi connectivity index (χ3v) is 12.4. The second-order valence-electron chi connectivity index (χ2n) is 19.5. The van der Waals surface area contributed by atoms with Gasteiger partial charge < -0.3 is 39.0 Å². The fraction of sp³-hybridized carbons (Fsp3) is 0.582. The summed E-state index contributed by atoms with van der Waals surface area (Å²) in [7, 11) is 0. The molecule has 1 rings (SSSR count). The molecule has 12 nitrogen and oxygen atoms in total. The number of carbonyl (C=O) groups is 4. The van der Waals surface area contributed by atoms with Crippen LogP contribution in [-0.4, -0.2) is 89.2 Å². The maximum Gasteiger partial charge on any atom is 0.335 e. The van der Waals surface area contributed by atoms with E-state index < -0.39 is 67.3 Å². The maximum absolute atomic E-state index is 13.1. The minimum absolute atomic E-state index is 0.0166. The van der Waals surface area contributed by atoms with Gasteiger partial charge in [-0.15, -0.1) is 0 Å². The number of carboxylic acid groups (broad SMARTS) is 1. The largest absolute Gasteiger partial charge is 0.479 e. The fourth-order valence-corrected chi connectivity index (χ4v) is 7.93. The van der Waals surface area contributed by atoms with E-state index in [4.69, 9.17) is 23.7 Å². The van der Waals surface area contributed by atoms with E-state index in [9.17, 15) is 34.5 Å². The second kappa shape index (κ2) is 53.3.